The van der Waals surface area contributed by atoms with Gasteiger partial charge in [0.15, 0.2) is 23.0 Å². The Labute approximate surface area is 159 Å². The van der Waals surface area contributed by atoms with Crippen LogP contribution in [0.3, 0.4) is 0 Å². The van der Waals surface area contributed by atoms with Gasteiger partial charge >= 0.3 is 0 Å². The van der Waals surface area contributed by atoms with Gasteiger partial charge in [-0.2, -0.15) is 0 Å². The Morgan fingerprint density at radius 2 is 1.78 bits per heavy atom. The number of methoxy groups -OCH3 is 2. The lowest BCUT2D eigenvalue weighted by Crippen LogP contribution is -2.34. The zero-order valence-electron chi connectivity index (χ0n) is 16.1. The summed E-state index contributed by atoms with van der Waals surface area (Å²) in [6.07, 6.45) is 2.26. The SMILES string of the molecule is COc1ccc(C2C=C(C)N(Cc3ccc4c(c3)OCO4)N2C)cc1OC. The second-order valence-electron chi connectivity index (χ2n) is 6.69. The second kappa shape index (κ2) is 7.04. The van der Waals surface area contributed by atoms with Crippen molar-refractivity contribution in [1.82, 2.24) is 10.0 Å². The average molecular weight is 368 g/mol. The molecule has 6 nitrogen and oxygen atoms in total. The molecule has 142 valence electrons. The number of hydrogen-bond acceptors (Lipinski definition) is 6. The molecule has 27 heavy (non-hydrogen) atoms. The highest BCUT2D eigenvalue weighted by Gasteiger charge is 2.29. The number of hydrogen-bond donors (Lipinski definition) is 0. The van der Waals surface area contributed by atoms with Gasteiger partial charge in [0.2, 0.25) is 6.79 Å². The van der Waals surface area contributed by atoms with E-state index < -0.39 is 0 Å². The number of ether oxygens (including phenoxy) is 4. The molecule has 2 aliphatic heterocycles. The van der Waals surface area contributed by atoms with Crippen LogP contribution >= 0.6 is 0 Å². The predicted octanol–water partition coefficient (Wildman–Crippen LogP) is 3.74. The zero-order valence-corrected chi connectivity index (χ0v) is 16.1. The monoisotopic (exact) mass is 368 g/mol. The molecule has 0 bridgehead atoms. The first-order valence-electron chi connectivity index (χ1n) is 8.90. The fourth-order valence-electron chi connectivity index (χ4n) is 3.62. The van der Waals surface area contributed by atoms with Crippen molar-refractivity contribution in [2.24, 2.45) is 0 Å². The smallest absolute Gasteiger partial charge is 0.231 e. The van der Waals surface area contributed by atoms with Crippen LogP contribution in [0.1, 0.15) is 24.1 Å². The number of benzene rings is 2. The third-order valence-corrected chi connectivity index (χ3v) is 5.11. The topological polar surface area (TPSA) is 43.4 Å². The number of fused-ring (bicyclic) bond motifs is 1. The summed E-state index contributed by atoms with van der Waals surface area (Å²) in [4.78, 5) is 0. The highest BCUT2D eigenvalue weighted by Crippen LogP contribution is 2.38. The van der Waals surface area contributed by atoms with Crippen molar-refractivity contribution >= 4 is 0 Å². The van der Waals surface area contributed by atoms with Crippen LogP contribution in [0.4, 0.5) is 0 Å². The lowest BCUT2D eigenvalue weighted by Gasteiger charge is -2.32. The van der Waals surface area contributed by atoms with Gasteiger partial charge in [-0.15, -0.1) is 0 Å². The van der Waals surface area contributed by atoms with Gasteiger partial charge in [-0.3, -0.25) is 0 Å². The summed E-state index contributed by atoms with van der Waals surface area (Å²) < 4.78 is 21.7. The maximum atomic E-state index is 5.50. The van der Waals surface area contributed by atoms with Crippen molar-refractivity contribution in [3.05, 3.63) is 59.3 Å². The summed E-state index contributed by atoms with van der Waals surface area (Å²) in [5.41, 5.74) is 3.53. The fourth-order valence-corrected chi connectivity index (χ4v) is 3.62. The van der Waals surface area contributed by atoms with Gasteiger partial charge in [0.25, 0.3) is 0 Å². The van der Waals surface area contributed by atoms with Gasteiger partial charge in [0.1, 0.15) is 0 Å². The zero-order chi connectivity index (χ0) is 19.0. The third kappa shape index (κ3) is 3.17. The molecule has 2 aromatic carbocycles. The lowest BCUT2D eigenvalue weighted by atomic mass is 10.1. The molecule has 0 spiro atoms. The predicted molar refractivity (Wildman–Crippen MR) is 102 cm³/mol. The van der Waals surface area contributed by atoms with Crippen molar-refractivity contribution in [3.8, 4) is 23.0 Å². The molecule has 0 N–H and O–H groups in total. The van der Waals surface area contributed by atoms with E-state index in [0.717, 1.165) is 35.1 Å². The van der Waals surface area contributed by atoms with Crippen LogP contribution in [0.5, 0.6) is 23.0 Å². The molecule has 0 aliphatic carbocycles. The van der Waals surface area contributed by atoms with E-state index in [1.165, 1.54) is 11.3 Å². The van der Waals surface area contributed by atoms with Crippen LogP contribution in [0, 0.1) is 0 Å². The van der Waals surface area contributed by atoms with Crippen molar-refractivity contribution in [1.29, 1.82) is 0 Å². The molecule has 2 aromatic rings. The number of hydrazine groups is 1. The summed E-state index contributed by atoms with van der Waals surface area (Å²) in [5.74, 6) is 3.10. The number of likely N-dealkylation sites (N-methyl/N-ethyl adjacent to an activating group) is 1. The summed E-state index contributed by atoms with van der Waals surface area (Å²) in [6, 6.07) is 12.3. The van der Waals surface area contributed by atoms with Gasteiger partial charge in [-0.05, 0) is 48.4 Å². The Bertz CT molecular complexity index is 880. The minimum Gasteiger partial charge on any atom is -0.493 e. The summed E-state index contributed by atoms with van der Waals surface area (Å²) in [7, 11) is 5.41. The summed E-state index contributed by atoms with van der Waals surface area (Å²) >= 11 is 0. The molecular weight excluding hydrogens is 344 g/mol. The van der Waals surface area contributed by atoms with E-state index in [0.29, 0.717) is 6.79 Å². The van der Waals surface area contributed by atoms with Crippen molar-refractivity contribution in [3.63, 3.8) is 0 Å². The molecule has 6 heteroatoms. The fraction of sp³-hybridized carbons (Fsp3) is 0.333. The highest BCUT2D eigenvalue weighted by atomic mass is 16.7. The summed E-state index contributed by atoms with van der Waals surface area (Å²) in [6.45, 7) is 3.19. The van der Waals surface area contributed by atoms with Crippen molar-refractivity contribution in [2.75, 3.05) is 28.1 Å². The van der Waals surface area contributed by atoms with Crippen LogP contribution < -0.4 is 18.9 Å². The first kappa shape index (κ1) is 17.5. The molecule has 2 heterocycles. The van der Waals surface area contributed by atoms with Crippen LogP contribution in [-0.2, 0) is 6.54 Å². The first-order chi connectivity index (χ1) is 13.1. The first-order valence-corrected chi connectivity index (χ1v) is 8.90. The van der Waals surface area contributed by atoms with Crippen LogP contribution in [0.2, 0.25) is 0 Å². The normalized spacial score (nSPS) is 18.6. The Morgan fingerprint density at radius 1 is 1.00 bits per heavy atom. The van der Waals surface area contributed by atoms with Crippen molar-refractivity contribution < 1.29 is 18.9 Å². The molecule has 0 saturated carbocycles. The van der Waals surface area contributed by atoms with Gasteiger partial charge < -0.3 is 24.0 Å². The maximum absolute atomic E-state index is 5.50. The maximum Gasteiger partial charge on any atom is 0.231 e. The van der Waals surface area contributed by atoms with Crippen LogP contribution in [0.15, 0.2) is 48.2 Å². The minimum atomic E-state index is 0.138. The van der Waals surface area contributed by atoms with Gasteiger partial charge in [0.05, 0.1) is 26.8 Å². The van der Waals surface area contributed by atoms with Gasteiger partial charge in [-0.1, -0.05) is 12.1 Å². The number of allylic oxidation sites excluding steroid dienone is 1. The molecule has 4 rings (SSSR count). The molecule has 0 amide bonds. The molecule has 1 unspecified atom stereocenters. The van der Waals surface area contributed by atoms with Gasteiger partial charge in [-0.25, -0.2) is 5.01 Å². The largest absolute Gasteiger partial charge is 0.493 e. The van der Waals surface area contributed by atoms with E-state index in [-0.39, 0.29) is 6.04 Å². The standard InChI is InChI=1S/C21H24N2O4/c1-14-9-17(16-6-8-18(24-3)20(11-16)25-4)22(2)23(14)12-15-5-7-19-21(10-15)27-13-26-19/h5-11,17H,12-13H2,1-4H3. The second-order valence-corrected chi connectivity index (χ2v) is 6.69. The lowest BCUT2D eigenvalue weighted by molar-refractivity contribution is 0.0268. The van der Waals surface area contributed by atoms with Crippen LogP contribution in [0.25, 0.3) is 0 Å². The quantitative estimate of drug-likeness (QED) is 0.801. The Morgan fingerprint density at radius 3 is 2.56 bits per heavy atom. The Kier molecular flexibility index (Phi) is 4.58. The molecule has 0 aromatic heterocycles. The van der Waals surface area contributed by atoms with E-state index in [2.05, 4.69) is 42.2 Å². The van der Waals surface area contributed by atoms with E-state index in [1.54, 1.807) is 14.2 Å². The molecular formula is C21H24N2O4. The van der Waals surface area contributed by atoms with E-state index in [4.69, 9.17) is 18.9 Å². The van der Waals surface area contributed by atoms with Crippen molar-refractivity contribution in [2.45, 2.75) is 19.5 Å². The molecule has 0 saturated heterocycles. The Balaban J connectivity index is 1.55. The van der Waals surface area contributed by atoms with Gasteiger partial charge in [0, 0.05) is 12.7 Å². The van der Waals surface area contributed by atoms with E-state index in [1.807, 2.05) is 24.3 Å². The average Bonchev–Trinajstić information content (AvgIpc) is 3.26. The molecule has 2 aliphatic rings. The highest BCUT2D eigenvalue weighted by molar-refractivity contribution is 5.46. The number of nitrogens with zero attached hydrogens (tertiary/aromatic N) is 2. The summed E-state index contributed by atoms with van der Waals surface area (Å²) in [5, 5.41) is 4.50. The number of rotatable bonds is 5. The minimum absolute atomic E-state index is 0.138. The van der Waals surface area contributed by atoms with E-state index in [9.17, 15) is 0 Å². The molecule has 0 fully saturated rings. The molecule has 1 atom stereocenters. The van der Waals surface area contributed by atoms with Crippen LogP contribution in [-0.4, -0.2) is 38.1 Å². The molecule has 0 radical (unpaired) electrons. The van der Waals surface area contributed by atoms with E-state index >= 15 is 0 Å². The Hall–Kier alpha value is -2.86. The third-order valence-electron chi connectivity index (χ3n) is 5.11.